The predicted octanol–water partition coefficient (Wildman–Crippen LogP) is 4.92. The van der Waals surface area contributed by atoms with Gasteiger partial charge in [0.25, 0.3) is 0 Å². The molecule has 1 aliphatic heterocycles. The van der Waals surface area contributed by atoms with E-state index in [1.807, 2.05) is 0 Å². The molecule has 0 N–H and O–H groups in total. The molecule has 1 nitrogen and oxygen atoms in total. The Morgan fingerprint density at radius 1 is 0.727 bits per heavy atom. The van der Waals surface area contributed by atoms with E-state index in [9.17, 15) is 0 Å². The lowest BCUT2D eigenvalue weighted by Crippen LogP contribution is -2.20. The molecule has 0 amide bonds. The van der Waals surface area contributed by atoms with Crippen LogP contribution in [0.1, 0.15) is 11.1 Å². The van der Waals surface area contributed by atoms with Gasteiger partial charge in [-0.15, -0.1) is 0 Å². The van der Waals surface area contributed by atoms with E-state index in [1.165, 1.54) is 27.9 Å². The molecular formula is C21H19N. The summed E-state index contributed by atoms with van der Waals surface area (Å²) >= 11 is 0. The standard InChI is InChI=1S/C21H19N/c1-2-8-17(9-3-1)20-12-6-4-11-19(20)16-22-15-14-18-10-5-7-13-21(18)22/h1-13H,14-16H2. The Bertz CT molecular complexity index is 777. The average Bonchev–Trinajstić information content (AvgIpc) is 2.99. The summed E-state index contributed by atoms with van der Waals surface area (Å²) in [6.07, 6.45) is 1.16. The Balaban J connectivity index is 1.68. The molecule has 3 aromatic carbocycles. The smallest absolute Gasteiger partial charge is 0.0435 e. The molecule has 22 heavy (non-hydrogen) atoms. The average molecular weight is 285 g/mol. The van der Waals surface area contributed by atoms with Gasteiger partial charge in [0.05, 0.1) is 0 Å². The van der Waals surface area contributed by atoms with Crippen LogP contribution >= 0.6 is 0 Å². The van der Waals surface area contributed by atoms with Crippen molar-refractivity contribution in [3.05, 3.63) is 90.0 Å². The Morgan fingerprint density at radius 2 is 1.45 bits per heavy atom. The molecule has 1 aliphatic rings. The largest absolute Gasteiger partial charge is 0.367 e. The highest BCUT2D eigenvalue weighted by molar-refractivity contribution is 5.68. The van der Waals surface area contributed by atoms with E-state index in [0.29, 0.717) is 0 Å². The normalized spacial score (nSPS) is 13.2. The molecule has 108 valence electrons. The minimum atomic E-state index is 0.974. The summed E-state index contributed by atoms with van der Waals surface area (Å²) in [4.78, 5) is 2.50. The zero-order valence-corrected chi connectivity index (χ0v) is 12.6. The van der Waals surface area contributed by atoms with Crippen LogP contribution in [0, 0.1) is 0 Å². The number of hydrogen-bond donors (Lipinski definition) is 0. The molecular weight excluding hydrogens is 266 g/mol. The summed E-state index contributed by atoms with van der Waals surface area (Å²) in [7, 11) is 0. The molecule has 0 atom stereocenters. The van der Waals surface area contributed by atoms with E-state index < -0.39 is 0 Å². The van der Waals surface area contributed by atoms with E-state index in [4.69, 9.17) is 0 Å². The molecule has 0 fully saturated rings. The van der Waals surface area contributed by atoms with Gasteiger partial charge in [0.1, 0.15) is 0 Å². The van der Waals surface area contributed by atoms with Gasteiger partial charge in [0, 0.05) is 18.8 Å². The molecule has 0 bridgehead atoms. The van der Waals surface area contributed by atoms with Crippen molar-refractivity contribution in [2.45, 2.75) is 13.0 Å². The van der Waals surface area contributed by atoms with Gasteiger partial charge in [0.15, 0.2) is 0 Å². The fraction of sp³-hybridized carbons (Fsp3) is 0.143. The second kappa shape index (κ2) is 5.69. The third-order valence-electron chi connectivity index (χ3n) is 4.45. The number of fused-ring (bicyclic) bond motifs is 1. The lowest BCUT2D eigenvalue weighted by Gasteiger charge is -2.21. The summed E-state index contributed by atoms with van der Waals surface area (Å²) in [5.74, 6) is 0. The van der Waals surface area contributed by atoms with Crippen molar-refractivity contribution in [2.75, 3.05) is 11.4 Å². The number of anilines is 1. The Morgan fingerprint density at radius 3 is 2.36 bits per heavy atom. The number of hydrogen-bond acceptors (Lipinski definition) is 1. The first-order valence-corrected chi connectivity index (χ1v) is 7.88. The summed E-state index contributed by atoms with van der Waals surface area (Å²) in [5.41, 5.74) is 6.90. The molecule has 4 rings (SSSR count). The van der Waals surface area contributed by atoms with E-state index in [0.717, 1.165) is 19.5 Å². The van der Waals surface area contributed by atoms with Crippen LogP contribution in [0.2, 0.25) is 0 Å². The molecule has 0 saturated carbocycles. The van der Waals surface area contributed by atoms with Crippen molar-refractivity contribution in [1.29, 1.82) is 0 Å². The second-order valence-corrected chi connectivity index (χ2v) is 5.82. The van der Waals surface area contributed by atoms with Crippen LogP contribution in [-0.4, -0.2) is 6.54 Å². The van der Waals surface area contributed by atoms with Gasteiger partial charge >= 0.3 is 0 Å². The minimum Gasteiger partial charge on any atom is -0.367 e. The van der Waals surface area contributed by atoms with E-state index in [1.54, 1.807) is 0 Å². The predicted molar refractivity (Wildman–Crippen MR) is 93.1 cm³/mol. The van der Waals surface area contributed by atoms with Crippen molar-refractivity contribution in [3.8, 4) is 11.1 Å². The first-order valence-electron chi connectivity index (χ1n) is 7.88. The Hall–Kier alpha value is -2.54. The monoisotopic (exact) mass is 285 g/mol. The SMILES string of the molecule is c1ccc(-c2ccccc2CN2CCc3ccccc32)cc1. The minimum absolute atomic E-state index is 0.974. The van der Waals surface area contributed by atoms with Gasteiger partial charge in [-0.1, -0.05) is 72.8 Å². The van der Waals surface area contributed by atoms with Crippen molar-refractivity contribution in [1.82, 2.24) is 0 Å². The van der Waals surface area contributed by atoms with Gasteiger partial charge in [-0.2, -0.15) is 0 Å². The van der Waals surface area contributed by atoms with Crippen LogP contribution in [0.25, 0.3) is 11.1 Å². The van der Waals surface area contributed by atoms with Crippen molar-refractivity contribution in [3.63, 3.8) is 0 Å². The maximum absolute atomic E-state index is 2.50. The summed E-state index contributed by atoms with van der Waals surface area (Å²) in [5, 5.41) is 0. The highest BCUT2D eigenvalue weighted by Gasteiger charge is 2.19. The zero-order valence-electron chi connectivity index (χ0n) is 12.6. The Kier molecular flexibility index (Phi) is 3.40. The summed E-state index contributed by atoms with van der Waals surface area (Å²) < 4.78 is 0. The Labute approximate surface area is 131 Å². The molecule has 3 aromatic rings. The maximum atomic E-state index is 2.50. The molecule has 0 aromatic heterocycles. The van der Waals surface area contributed by atoms with Crippen molar-refractivity contribution >= 4 is 5.69 Å². The van der Waals surface area contributed by atoms with Gasteiger partial charge in [-0.05, 0) is 34.7 Å². The first-order chi connectivity index (χ1) is 10.9. The van der Waals surface area contributed by atoms with E-state index in [2.05, 4.69) is 83.8 Å². The third-order valence-corrected chi connectivity index (χ3v) is 4.45. The van der Waals surface area contributed by atoms with Crippen molar-refractivity contribution in [2.24, 2.45) is 0 Å². The molecule has 0 aliphatic carbocycles. The molecule has 0 spiro atoms. The van der Waals surface area contributed by atoms with Gasteiger partial charge in [-0.25, -0.2) is 0 Å². The third kappa shape index (κ3) is 2.39. The number of rotatable bonds is 3. The lowest BCUT2D eigenvalue weighted by molar-refractivity contribution is 0.837. The van der Waals surface area contributed by atoms with Crippen LogP contribution in [0.5, 0.6) is 0 Å². The van der Waals surface area contributed by atoms with Gasteiger partial charge < -0.3 is 4.90 Å². The summed E-state index contributed by atoms with van der Waals surface area (Å²) in [6.45, 7) is 2.09. The van der Waals surface area contributed by atoms with Crippen LogP contribution in [0.4, 0.5) is 5.69 Å². The second-order valence-electron chi connectivity index (χ2n) is 5.82. The quantitative estimate of drug-likeness (QED) is 0.660. The highest BCUT2D eigenvalue weighted by Crippen LogP contribution is 2.31. The topological polar surface area (TPSA) is 3.24 Å². The van der Waals surface area contributed by atoms with Crippen LogP contribution < -0.4 is 4.90 Å². The fourth-order valence-electron chi connectivity index (χ4n) is 3.33. The zero-order chi connectivity index (χ0) is 14.8. The summed E-state index contributed by atoms with van der Waals surface area (Å²) in [6, 6.07) is 28.2. The van der Waals surface area contributed by atoms with Crippen molar-refractivity contribution < 1.29 is 0 Å². The fourth-order valence-corrected chi connectivity index (χ4v) is 3.33. The molecule has 1 heteroatoms. The number of para-hydroxylation sites is 1. The first kappa shape index (κ1) is 13.1. The van der Waals surface area contributed by atoms with Gasteiger partial charge in [-0.3, -0.25) is 0 Å². The molecule has 0 unspecified atom stereocenters. The van der Waals surface area contributed by atoms with Crippen LogP contribution in [0.3, 0.4) is 0 Å². The van der Waals surface area contributed by atoms with E-state index >= 15 is 0 Å². The molecule has 1 heterocycles. The molecule has 0 radical (unpaired) electrons. The lowest BCUT2D eigenvalue weighted by atomic mass is 9.99. The van der Waals surface area contributed by atoms with Crippen LogP contribution in [0.15, 0.2) is 78.9 Å². The number of nitrogens with zero attached hydrogens (tertiary/aromatic N) is 1. The van der Waals surface area contributed by atoms with Crippen LogP contribution in [-0.2, 0) is 13.0 Å². The van der Waals surface area contributed by atoms with E-state index in [-0.39, 0.29) is 0 Å². The maximum Gasteiger partial charge on any atom is 0.0435 e. The number of benzene rings is 3. The highest BCUT2D eigenvalue weighted by atomic mass is 15.1. The molecule has 0 saturated heterocycles. The van der Waals surface area contributed by atoms with Gasteiger partial charge in [0.2, 0.25) is 0 Å².